The number of pyridine rings is 1. The SMILES string of the molecule is N#Cc1cc(C2CCCCS2(=O)=O)c[nH]c1=O. The van der Waals surface area contributed by atoms with E-state index in [9.17, 15) is 13.2 Å². The summed E-state index contributed by atoms with van der Waals surface area (Å²) in [4.78, 5) is 13.6. The van der Waals surface area contributed by atoms with Crippen LogP contribution in [0.2, 0.25) is 0 Å². The van der Waals surface area contributed by atoms with Crippen molar-refractivity contribution in [2.24, 2.45) is 0 Å². The van der Waals surface area contributed by atoms with E-state index in [2.05, 4.69) is 4.98 Å². The maximum atomic E-state index is 11.9. The summed E-state index contributed by atoms with van der Waals surface area (Å²) >= 11 is 0. The monoisotopic (exact) mass is 252 g/mol. The molecule has 1 aliphatic rings. The third-order valence-corrected chi connectivity index (χ3v) is 5.23. The summed E-state index contributed by atoms with van der Waals surface area (Å²) in [5.74, 6) is 0.179. The van der Waals surface area contributed by atoms with Crippen LogP contribution in [0.5, 0.6) is 0 Å². The van der Waals surface area contributed by atoms with Gasteiger partial charge in [0.25, 0.3) is 5.56 Å². The lowest BCUT2D eigenvalue weighted by atomic mass is 10.1. The molecule has 1 aromatic rings. The van der Waals surface area contributed by atoms with Gasteiger partial charge in [-0.2, -0.15) is 5.26 Å². The van der Waals surface area contributed by atoms with Crippen molar-refractivity contribution in [3.05, 3.63) is 33.7 Å². The van der Waals surface area contributed by atoms with Crippen molar-refractivity contribution in [3.8, 4) is 6.07 Å². The van der Waals surface area contributed by atoms with Crippen molar-refractivity contribution in [2.45, 2.75) is 24.5 Å². The van der Waals surface area contributed by atoms with Gasteiger partial charge in [0, 0.05) is 6.20 Å². The third-order valence-electron chi connectivity index (χ3n) is 3.00. The van der Waals surface area contributed by atoms with Gasteiger partial charge in [-0.1, -0.05) is 6.42 Å². The minimum absolute atomic E-state index is 0.0386. The van der Waals surface area contributed by atoms with Crippen LogP contribution in [-0.4, -0.2) is 19.2 Å². The molecule has 0 radical (unpaired) electrons. The average molecular weight is 252 g/mol. The van der Waals surface area contributed by atoms with Gasteiger partial charge in [-0.25, -0.2) is 8.42 Å². The molecule has 0 saturated carbocycles. The fraction of sp³-hybridized carbons (Fsp3) is 0.455. The molecule has 0 spiro atoms. The van der Waals surface area contributed by atoms with Crippen molar-refractivity contribution >= 4 is 9.84 Å². The number of sulfone groups is 1. The molecule has 0 amide bonds. The molecule has 2 rings (SSSR count). The highest BCUT2D eigenvalue weighted by Crippen LogP contribution is 2.32. The van der Waals surface area contributed by atoms with E-state index in [1.807, 2.05) is 0 Å². The second-order valence-electron chi connectivity index (χ2n) is 4.14. The van der Waals surface area contributed by atoms with Gasteiger partial charge in [-0.3, -0.25) is 4.79 Å². The lowest BCUT2D eigenvalue weighted by molar-refractivity contribution is 0.545. The van der Waals surface area contributed by atoms with E-state index in [0.29, 0.717) is 18.4 Å². The number of nitriles is 1. The summed E-state index contributed by atoms with van der Waals surface area (Å²) in [5.41, 5.74) is -0.00594. The largest absolute Gasteiger partial charge is 0.328 e. The van der Waals surface area contributed by atoms with Crippen LogP contribution in [0.4, 0.5) is 0 Å². The van der Waals surface area contributed by atoms with E-state index < -0.39 is 20.6 Å². The average Bonchev–Trinajstić information content (AvgIpc) is 2.30. The van der Waals surface area contributed by atoms with Gasteiger partial charge in [0.2, 0.25) is 0 Å². The van der Waals surface area contributed by atoms with Gasteiger partial charge >= 0.3 is 0 Å². The zero-order valence-corrected chi connectivity index (χ0v) is 9.96. The molecule has 1 aliphatic heterocycles. The summed E-state index contributed by atoms with van der Waals surface area (Å²) < 4.78 is 23.8. The predicted octanol–water partition coefficient (Wildman–Crippen LogP) is 0.886. The Morgan fingerprint density at radius 3 is 2.82 bits per heavy atom. The maximum absolute atomic E-state index is 11.9. The number of H-pyrrole nitrogens is 1. The minimum atomic E-state index is -3.15. The van der Waals surface area contributed by atoms with Crippen molar-refractivity contribution in [1.29, 1.82) is 5.26 Å². The molecule has 1 atom stereocenters. The Kier molecular flexibility index (Phi) is 3.03. The van der Waals surface area contributed by atoms with Gasteiger partial charge < -0.3 is 4.98 Å². The smallest absolute Gasteiger partial charge is 0.265 e. The fourth-order valence-electron chi connectivity index (χ4n) is 2.10. The number of rotatable bonds is 1. The molecule has 5 nitrogen and oxygen atoms in total. The van der Waals surface area contributed by atoms with Crippen molar-refractivity contribution in [1.82, 2.24) is 4.98 Å². The highest BCUT2D eigenvalue weighted by atomic mass is 32.2. The Morgan fingerprint density at radius 1 is 1.41 bits per heavy atom. The first kappa shape index (κ1) is 11.9. The lowest BCUT2D eigenvalue weighted by Gasteiger charge is -2.22. The molecule has 1 N–H and O–H groups in total. The zero-order valence-electron chi connectivity index (χ0n) is 9.14. The number of hydrogen-bond acceptors (Lipinski definition) is 4. The van der Waals surface area contributed by atoms with Crippen LogP contribution < -0.4 is 5.56 Å². The van der Waals surface area contributed by atoms with E-state index >= 15 is 0 Å². The number of nitrogens with zero attached hydrogens (tertiary/aromatic N) is 1. The molecule has 1 saturated heterocycles. The first-order chi connectivity index (χ1) is 8.04. The van der Waals surface area contributed by atoms with Crippen LogP contribution in [0, 0.1) is 11.3 Å². The first-order valence-corrected chi connectivity index (χ1v) is 7.10. The Bertz CT molecular complexity index is 625. The van der Waals surface area contributed by atoms with E-state index in [1.54, 1.807) is 6.07 Å². The zero-order chi connectivity index (χ0) is 12.5. The van der Waals surface area contributed by atoms with Crippen LogP contribution in [0.25, 0.3) is 0 Å². The molecule has 2 heterocycles. The summed E-state index contributed by atoms with van der Waals surface area (Å²) in [6, 6.07) is 3.14. The van der Waals surface area contributed by atoms with Crippen molar-refractivity contribution < 1.29 is 8.42 Å². The van der Waals surface area contributed by atoms with E-state index in [4.69, 9.17) is 5.26 Å². The molecule has 1 aromatic heterocycles. The molecule has 0 aromatic carbocycles. The fourth-order valence-corrected chi connectivity index (χ4v) is 4.07. The highest BCUT2D eigenvalue weighted by Gasteiger charge is 2.30. The second kappa shape index (κ2) is 4.34. The van der Waals surface area contributed by atoms with Gasteiger partial charge in [-0.15, -0.1) is 0 Å². The molecule has 1 fully saturated rings. The Morgan fingerprint density at radius 2 is 2.18 bits per heavy atom. The Labute approximate surface area is 99.0 Å². The van der Waals surface area contributed by atoms with Gasteiger partial charge in [0.15, 0.2) is 9.84 Å². The van der Waals surface area contributed by atoms with Crippen LogP contribution in [0.1, 0.15) is 35.6 Å². The molecule has 0 aliphatic carbocycles. The van der Waals surface area contributed by atoms with Crippen LogP contribution >= 0.6 is 0 Å². The van der Waals surface area contributed by atoms with Crippen LogP contribution in [-0.2, 0) is 9.84 Å². The Hall–Kier alpha value is -1.61. The molecule has 17 heavy (non-hydrogen) atoms. The second-order valence-corrected chi connectivity index (χ2v) is 6.44. The van der Waals surface area contributed by atoms with Gasteiger partial charge in [-0.05, 0) is 24.5 Å². The van der Waals surface area contributed by atoms with Crippen molar-refractivity contribution in [2.75, 3.05) is 5.75 Å². The van der Waals surface area contributed by atoms with Gasteiger partial charge in [0.05, 0.1) is 11.0 Å². The maximum Gasteiger partial charge on any atom is 0.265 e. The number of aromatic nitrogens is 1. The Balaban J connectivity index is 2.47. The predicted molar refractivity (Wildman–Crippen MR) is 62.2 cm³/mol. The van der Waals surface area contributed by atoms with Gasteiger partial charge in [0.1, 0.15) is 11.6 Å². The molecule has 90 valence electrons. The summed E-state index contributed by atoms with van der Waals surface area (Å²) in [6.07, 6.45) is 3.49. The summed E-state index contributed by atoms with van der Waals surface area (Å²) in [6.45, 7) is 0. The normalized spacial score (nSPS) is 22.9. The van der Waals surface area contributed by atoms with E-state index in [0.717, 1.165) is 6.42 Å². The van der Waals surface area contributed by atoms with Crippen molar-refractivity contribution in [3.63, 3.8) is 0 Å². The lowest BCUT2D eigenvalue weighted by Crippen LogP contribution is -2.23. The molecule has 1 unspecified atom stereocenters. The quantitative estimate of drug-likeness (QED) is 0.803. The third kappa shape index (κ3) is 2.24. The van der Waals surface area contributed by atoms with Crippen LogP contribution in [0.15, 0.2) is 17.1 Å². The summed E-state index contributed by atoms with van der Waals surface area (Å²) in [7, 11) is -3.15. The molecule has 6 heteroatoms. The number of hydrogen-bond donors (Lipinski definition) is 1. The van der Waals surface area contributed by atoms with E-state index in [-0.39, 0.29) is 11.3 Å². The highest BCUT2D eigenvalue weighted by molar-refractivity contribution is 7.91. The number of aromatic amines is 1. The molecule has 0 bridgehead atoms. The molecular weight excluding hydrogens is 240 g/mol. The number of nitrogens with one attached hydrogen (secondary N) is 1. The standard InChI is InChI=1S/C11H12N2O3S/c12-6-8-5-9(7-13-11(8)14)10-3-1-2-4-17(10,15)16/h5,7,10H,1-4H2,(H,13,14). The molecular formula is C11H12N2O3S. The van der Waals surface area contributed by atoms with Crippen LogP contribution in [0.3, 0.4) is 0 Å². The van der Waals surface area contributed by atoms with E-state index in [1.165, 1.54) is 12.3 Å². The first-order valence-electron chi connectivity index (χ1n) is 5.39. The minimum Gasteiger partial charge on any atom is -0.328 e. The summed E-state index contributed by atoms with van der Waals surface area (Å²) in [5, 5.41) is 8.17. The topological polar surface area (TPSA) is 90.8 Å².